The molecule has 0 saturated heterocycles. The molecule has 27 heavy (non-hydrogen) atoms. The molecule has 6 heteroatoms. The molecule has 0 amide bonds. The lowest BCUT2D eigenvalue weighted by Gasteiger charge is -2.15. The molecule has 0 saturated carbocycles. The molecule has 1 aromatic heterocycles. The summed E-state index contributed by atoms with van der Waals surface area (Å²) in [7, 11) is 0. The van der Waals surface area contributed by atoms with Crippen LogP contribution in [0.3, 0.4) is 0 Å². The highest BCUT2D eigenvalue weighted by Gasteiger charge is 2.21. The number of halogens is 2. The number of ether oxygens (including phenoxy) is 1. The van der Waals surface area contributed by atoms with Crippen molar-refractivity contribution in [2.45, 2.75) is 32.3 Å². The SMILES string of the molecule is Cc1noc(-c2ccc(CCl)cc2)c1CC(=O)O[C@H](C)c1ccccc1Cl. The molecule has 2 aromatic carbocycles. The van der Waals surface area contributed by atoms with Crippen LogP contribution in [0, 0.1) is 6.92 Å². The molecule has 0 aliphatic carbocycles. The maximum atomic E-state index is 12.5. The Morgan fingerprint density at radius 1 is 1.19 bits per heavy atom. The van der Waals surface area contributed by atoms with E-state index in [2.05, 4.69) is 5.16 Å². The van der Waals surface area contributed by atoms with Gasteiger partial charge in [-0.2, -0.15) is 0 Å². The topological polar surface area (TPSA) is 52.3 Å². The number of carbonyl (C=O) groups excluding carboxylic acids is 1. The van der Waals surface area contributed by atoms with E-state index >= 15 is 0 Å². The van der Waals surface area contributed by atoms with Gasteiger partial charge in [0.2, 0.25) is 0 Å². The van der Waals surface area contributed by atoms with Crippen molar-refractivity contribution < 1.29 is 14.1 Å². The summed E-state index contributed by atoms with van der Waals surface area (Å²) in [4.78, 5) is 12.5. The maximum absolute atomic E-state index is 12.5. The van der Waals surface area contributed by atoms with Crippen molar-refractivity contribution in [2.75, 3.05) is 0 Å². The fourth-order valence-corrected chi connectivity index (χ4v) is 3.29. The van der Waals surface area contributed by atoms with Gasteiger partial charge in [0.25, 0.3) is 0 Å². The number of benzene rings is 2. The molecule has 0 aliphatic heterocycles. The van der Waals surface area contributed by atoms with Crippen molar-refractivity contribution in [2.24, 2.45) is 0 Å². The Morgan fingerprint density at radius 3 is 2.56 bits per heavy atom. The summed E-state index contributed by atoms with van der Waals surface area (Å²) in [5, 5.41) is 4.58. The molecule has 0 radical (unpaired) electrons. The molecular weight excluding hydrogens is 385 g/mol. The summed E-state index contributed by atoms with van der Waals surface area (Å²) in [5.74, 6) is 0.637. The minimum Gasteiger partial charge on any atom is -0.457 e. The third-order valence-corrected chi connectivity index (χ3v) is 4.98. The van der Waals surface area contributed by atoms with Crippen molar-refractivity contribution in [3.8, 4) is 11.3 Å². The van der Waals surface area contributed by atoms with Gasteiger partial charge in [0.05, 0.1) is 12.1 Å². The van der Waals surface area contributed by atoms with E-state index in [0.717, 1.165) is 16.7 Å². The van der Waals surface area contributed by atoms with Gasteiger partial charge >= 0.3 is 5.97 Å². The first-order chi connectivity index (χ1) is 13.0. The number of esters is 1. The van der Waals surface area contributed by atoms with Crippen LogP contribution in [0.4, 0.5) is 0 Å². The average molecular weight is 404 g/mol. The molecule has 0 fully saturated rings. The number of aryl methyl sites for hydroxylation is 1. The lowest BCUT2D eigenvalue weighted by atomic mass is 10.0. The van der Waals surface area contributed by atoms with Gasteiger partial charge in [0.15, 0.2) is 5.76 Å². The number of carbonyl (C=O) groups is 1. The summed E-state index contributed by atoms with van der Waals surface area (Å²) in [6.07, 6.45) is -0.380. The molecule has 0 aliphatic rings. The Morgan fingerprint density at radius 2 is 1.89 bits per heavy atom. The van der Waals surface area contributed by atoms with Crippen LogP contribution < -0.4 is 0 Å². The summed E-state index contributed by atoms with van der Waals surface area (Å²) >= 11 is 12.0. The van der Waals surface area contributed by atoms with E-state index in [0.29, 0.717) is 27.9 Å². The van der Waals surface area contributed by atoms with Crippen molar-refractivity contribution in [3.05, 3.63) is 75.9 Å². The van der Waals surface area contributed by atoms with Crippen molar-refractivity contribution in [1.29, 1.82) is 0 Å². The zero-order valence-electron chi connectivity index (χ0n) is 15.0. The second-order valence-corrected chi connectivity index (χ2v) is 6.91. The predicted molar refractivity (Wildman–Crippen MR) is 106 cm³/mol. The fourth-order valence-electron chi connectivity index (χ4n) is 2.82. The molecule has 140 valence electrons. The minimum atomic E-state index is -0.446. The van der Waals surface area contributed by atoms with Gasteiger partial charge < -0.3 is 9.26 Å². The van der Waals surface area contributed by atoms with E-state index in [-0.39, 0.29) is 12.4 Å². The number of hydrogen-bond acceptors (Lipinski definition) is 4. The zero-order valence-corrected chi connectivity index (χ0v) is 16.6. The molecule has 1 atom stereocenters. The Hall–Kier alpha value is -2.30. The van der Waals surface area contributed by atoms with Crippen LogP contribution in [0.5, 0.6) is 0 Å². The molecule has 0 spiro atoms. The zero-order chi connectivity index (χ0) is 19.4. The van der Waals surface area contributed by atoms with Crippen LogP contribution in [-0.4, -0.2) is 11.1 Å². The summed E-state index contributed by atoms with van der Waals surface area (Å²) in [6.45, 7) is 3.60. The van der Waals surface area contributed by atoms with Gasteiger partial charge in [-0.25, -0.2) is 0 Å². The third kappa shape index (κ3) is 4.52. The summed E-state index contributed by atoms with van der Waals surface area (Å²) < 4.78 is 11.0. The van der Waals surface area contributed by atoms with E-state index in [9.17, 15) is 4.79 Å². The van der Waals surface area contributed by atoms with E-state index in [1.807, 2.05) is 42.5 Å². The molecule has 3 rings (SSSR count). The standard InChI is InChI=1S/C21H19Cl2NO3/c1-13-18(21(27-24-13)16-9-7-15(12-22)8-10-16)11-20(25)26-14(2)17-5-3-4-6-19(17)23/h3-10,14H,11-12H2,1-2H3/t14-/m1/s1. The first-order valence-electron chi connectivity index (χ1n) is 8.54. The highest BCUT2D eigenvalue weighted by molar-refractivity contribution is 6.31. The van der Waals surface area contributed by atoms with E-state index in [4.69, 9.17) is 32.5 Å². The number of nitrogens with zero attached hydrogens (tertiary/aromatic N) is 1. The quantitative estimate of drug-likeness (QED) is 0.380. The van der Waals surface area contributed by atoms with Gasteiger partial charge in [-0.1, -0.05) is 59.2 Å². The van der Waals surface area contributed by atoms with Crippen LogP contribution in [0.25, 0.3) is 11.3 Å². The van der Waals surface area contributed by atoms with Crippen molar-refractivity contribution >= 4 is 29.2 Å². The van der Waals surface area contributed by atoms with Gasteiger partial charge in [-0.05, 0) is 25.5 Å². The maximum Gasteiger partial charge on any atom is 0.311 e. The summed E-state index contributed by atoms with van der Waals surface area (Å²) in [6, 6.07) is 14.9. The Balaban J connectivity index is 1.76. The van der Waals surface area contributed by atoms with E-state index in [1.54, 1.807) is 19.9 Å². The first kappa shape index (κ1) is 19.5. The average Bonchev–Trinajstić information content (AvgIpc) is 3.02. The number of aromatic nitrogens is 1. The summed E-state index contributed by atoms with van der Waals surface area (Å²) in [5.41, 5.74) is 3.99. The monoisotopic (exact) mass is 403 g/mol. The van der Waals surface area contributed by atoms with Crippen molar-refractivity contribution in [3.63, 3.8) is 0 Å². The molecule has 0 N–H and O–H groups in total. The second-order valence-electron chi connectivity index (χ2n) is 6.24. The third-order valence-electron chi connectivity index (χ3n) is 4.33. The van der Waals surface area contributed by atoms with Gasteiger partial charge in [-0.15, -0.1) is 11.6 Å². The normalized spacial score (nSPS) is 12.0. The van der Waals surface area contributed by atoms with Crippen LogP contribution in [0.2, 0.25) is 5.02 Å². The number of alkyl halides is 1. The fraction of sp³-hybridized carbons (Fsp3) is 0.238. The Bertz CT molecular complexity index is 935. The number of rotatable bonds is 6. The minimum absolute atomic E-state index is 0.0662. The van der Waals surface area contributed by atoms with Crippen molar-refractivity contribution in [1.82, 2.24) is 5.16 Å². The van der Waals surface area contributed by atoms with Crippen LogP contribution in [0.15, 0.2) is 53.1 Å². The molecule has 0 unspecified atom stereocenters. The van der Waals surface area contributed by atoms with Gasteiger partial charge in [0.1, 0.15) is 6.10 Å². The van der Waals surface area contributed by atoms with E-state index < -0.39 is 6.10 Å². The molecule has 0 bridgehead atoms. The Kier molecular flexibility index (Phi) is 6.19. The van der Waals surface area contributed by atoms with Crippen LogP contribution >= 0.6 is 23.2 Å². The van der Waals surface area contributed by atoms with Gasteiger partial charge in [-0.3, -0.25) is 4.79 Å². The predicted octanol–water partition coefficient (Wildman–Crippen LogP) is 5.89. The molecule has 1 heterocycles. The highest BCUT2D eigenvalue weighted by Crippen LogP contribution is 2.29. The van der Waals surface area contributed by atoms with Gasteiger partial charge in [0, 0.05) is 27.6 Å². The van der Waals surface area contributed by atoms with Crippen LogP contribution in [0.1, 0.15) is 35.4 Å². The van der Waals surface area contributed by atoms with E-state index in [1.165, 1.54) is 0 Å². The lowest BCUT2D eigenvalue weighted by Crippen LogP contribution is -2.12. The number of hydrogen-bond donors (Lipinski definition) is 0. The largest absolute Gasteiger partial charge is 0.457 e. The first-order valence-corrected chi connectivity index (χ1v) is 9.45. The second kappa shape index (κ2) is 8.59. The highest BCUT2D eigenvalue weighted by atomic mass is 35.5. The molecule has 3 aromatic rings. The Labute approximate surface area is 168 Å². The molecule has 4 nitrogen and oxygen atoms in total. The molecular formula is C21H19Cl2NO3. The van der Waals surface area contributed by atoms with Crippen LogP contribution in [-0.2, 0) is 21.8 Å². The smallest absolute Gasteiger partial charge is 0.311 e. The lowest BCUT2D eigenvalue weighted by molar-refractivity contribution is -0.147.